The molecule has 66 valence electrons. The number of hydrogen-bond acceptors (Lipinski definition) is 4. The first kappa shape index (κ1) is 8.51. The van der Waals surface area contributed by atoms with Gasteiger partial charge in [-0.25, -0.2) is 0 Å². The van der Waals surface area contributed by atoms with Crippen LogP contribution in [0.15, 0.2) is 0 Å². The van der Waals surface area contributed by atoms with Gasteiger partial charge in [-0.15, -0.1) is 0 Å². The molecule has 0 aromatic carbocycles. The zero-order chi connectivity index (χ0) is 9.14. The molecule has 6 nitrogen and oxygen atoms in total. The Labute approximate surface area is 69.1 Å². The predicted molar refractivity (Wildman–Crippen MR) is 44.1 cm³/mol. The van der Waals surface area contributed by atoms with Crippen molar-refractivity contribution in [3.8, 4) is 0 Å². The molecule has 0 radical (unpaired) electrons. The van der Waals surface area contributed by atoms with E-state index in [4.69, 9.17) is 0 Å². The van der Waals surface area contributed by atoms with Gasteiger partial charge in [0.15, 0.2) is 0 Å². The zero-order valence-corrected chi connectivity index (χ0v) is 6.92. The normalized spacial score (nSPS) is 9.83. The van der Waals surface area contributed by atoms with Crippen LogP contribution >= 0.6 is 0 Å². The summed E-state index contributed by atoms with van der Waals surface area (Å²) in [6.07, 6.45) is 0. The Morgan fingerprint density at radius 2 is 2.42 bits per heavy atom. The van der Waals surface area contributed by atoms with E-state index in [1.807, 2.05) is 6.92 Å². The predicted octanol–water partition coefficient (Wildman–Crippen LogP) is 1.06. The van der Waals surface area contributed by atoms with E-state index in [0.717, 1.165) is 0 Å². The Kier molecular flexibility index (Phi) is 2.27. The monoisotopic (exact) mass is 170 g/mol. The third kappa shape index (κ3) is 1.36. The fourth-order valence-corrected chi connectivity index (χ4v) is 0.937. The molecular formula is C6H10N4O2. The van der Waals surface area contributed by atoms with Crippen LogP contribution in [0.3, 0.4) is 0 Å². The minimum Gasteiger partial charge on any atom is -0.363 e. The SMILES string of the molecule is CCNc1n[nH]c(C)c1[N+](=O)[O-]. The van der Waals surface area contributed by atoms with Crippen LogP contribution in [0.5, 0.6) is 0 Å². The van der Waals surface area contributed by atoms with E-state index in [2.05, 4.69) is 15.5 Å². The summed E-state index contributed by atoms with van der Waals surface area (Å²) in [5, 5.41) is 19.6. The first-order chi connectivity index (χ1) is 5.66. The highest BCUT2D eigenvalue weighted by molar-refractivity contribution is 5.58. The van der Waals surface area contributed by atoms with Gasteiger partial charge in [0, 0.05) is 6.54 Å². The van der Waals surface area contributed by atoms with E-state index < -0.39 is 4.92 Å². The van der Waals surface area contributed by atoms with Crippen molar-refractivity contribution in [1.29, 1.82) is 0 Å². The van der Waals surface area contributed by atoms with Gasteiger partial charge in [0.1, 0.15) is 5.69 Å². The molecule has 0 aliphatic heterocycles. The van der Waals surface area contributed by atoms with Gasteiger partial charge in [0.25, 0.3) is 0 Å². The highest BCUT2D eigenvalue weighted by Gasteiger charge is 2.20. The highest BCUT2D eigenvalue weighted by atomic mass is 16.6. The van der Waals surface area contributed by atoms with E-state index in [1.54, 1.807) is 6.92 Å². The molecule has 0 aliphatic carbocycles. The maximum absolute atomic E-state index is 10.5. The van der Waals surface area contributed by atoms with E-state index in [-0.39, 0.29) is 5.69 Å². The summed E-state index contributed by atoms with van der Waals surface area (Å²) in [5.41, 5.74) is 0.493. The first-order valence-electron chi connectivity index (χ1n) is 3.60. The first-order valence-corrected chi connectivity index (χ1v) is 3.60. The van der Waals surface area contributed by atoms with Crippen LogP contribution in [0, 0.1) is 17.0 Å². The second kappa shape index (κ2) is 3.21. The van der Waals surface area contributed by atoms with Gasteiger partial charge < -0.3 is 5.32 Å². The average molecular weight is 170 g/mol. The second-order valence-electron chi connectivity index (χ2n) is 2.33. The van der Waals surface area contributed by atoms with Crippen molar-refractivity contribution in [2.45, 2.75) is 13.8 Å². The van der Waals surface area contributed by atoms with Crippen LogP contribution in [0.25, 0.3) is 0 Å². The summed E-state index contributed by atoms with van der Waals surface area (Å²) in [7, 11) is 0. The van der Waals surface area contributed by atoms with Crippen molar-refractivity contribution in [2.75, 3.05) is 11.9 Å². The topological polar surface area (TPSA) is 83.8 Å². The smallest absolute Gasteiger partial charge is 0.333 e. The van der Waals surface area contributed by atoms with Crippen molar-refractivity contribution in [3.05, 3.63) is 15.8 Å². The van der Waals surface area contributed by atoms with Crippen molar-refractivity contribution < 1.29 is 4.92 Å². The molecular weight excluding hydrogens is 160 g/mol. The third-order valence-corrected chi connectivity index (χ3v) is 1.44. The summed E-state index contributed by atoms with van der Waals surface area (Å²) < 4.78 is 0. The number of nitro groups is 1. The quantitative estimate of drug-likeness (QED) is 0.524. The molecule has 0 saturated heterocycles. The number of aromatic nitrogens is 2. The molecule has 6 heteroatoms. The van der Waals surface area contributed by atoms with Gasteiger partial charge in [-0.05, 0) is 13.8 Å². The van der Waals surface area contributed by atoms with Crippen molar-refractivity contribution >= 4 is 11.5 Å². The number of aryl methyl sites for hydroxylation is 1. The maximum atomic E-state index is 10.5. The highest BCUT2D eigenvalue weighted by Crippen LogP contribution is 2.24. The second-order valence-corrected chi connectivity index (χ2v) is 2.33. The molecule has 0 spiro atoms. The van der Waals surface area contributed by atoms with E-state index >= 15 is 0 Å². The Hall–Kier alpha value is -1.59. The number of H-pyrrole nitrogens is 1. The van der Waals surface area contributed by atoms with Crippen LogP contribution < -0.4 is 5.32 Å². The summed E-state index contributed by atoms with van der Waals surface area (Å²) in [6.45, 7) is 4.09. The lowest BCUT2D eigenvalue weighted by Crippen LogP contribution is -2.00. The number of nitrogens with one attached hydrogen (secondary N) is 2. The Balaban J connectivity index is 3.04. The largest absolute Gasteiger partial charge is 0.363 e. The van der Waals surface area contributed by atoms with Crippen LogP contribution in [0.1, 0.15) is 12.6 Å². The minimum absolute atomic E-state index is 0.0249. The van der Waals surface area contributed by atoms with E-state index in [1.165, 1.54) is 0 Å². The van der Waals surface area contributed by atoms with Gasteiger partial charge >= 0.3 is 5.69 Å². The molecule has 0 bridgehead atoms. The number of aromatic amines is 1. The summed E-state index contributed by atoms with van der Waals surface area (Å²) >= 11 is 0. The lowest BCUT2D eigenvalue weighted by atomic mass is 10.4. The molecule has 0 fully saturated rings. The van der Waals surface area contributed by atoms with Crippen LogP contribution in [-0.2, 0) is 0 Å². The third-order valence-electron chi connectivity index (χ3n) is 1.44. The summed E-state index contributed by atoms with van der Waals surface area (Å²) in [4.78, 5) is 10.0. The van der Waals surface area contributed by atoms with Gasteiger partial charge in [-0.3, -0.25) is 15.2 Å². The molecule has 1 heterocycles. The standard InChI is InChI=1S/C6H10N4O2/c1-3-7-6-5(10(11)12)4(2)8-9-6/h3H2,1-2H3,(H2,7,8,9). The molecule has 12 heavy (non-hydrogen) atoms. The summed E-state index contributed by atoms with van der Waals surface area (Å²) in [6, 6.07) is 0. The van der Waals surface area contributed by atoms with Gasteiger partial charge in [0.2, 0.25) is 5.82 Å². The molecule has 2 N–H and O–H groups in total. The van der Waals surface area contributed by atoms with Crippen molar-refractivity contribution in [2.24, 2.45) is 0 Å². The number of rotatable bonds is 3. The van der Waals surface area contributed by atoms with Crippen LogP contribution in [0.2, 0.25) is 0 Å². The zero-order valence-electron chi connectivity index (χ0n) is 6.92. The Morgan fingerprint density at radius 1 is 1.75 bits per heavy atom. The van der Waals surface area contributed by atoms with Crippen molar-refractivity contribution in [3.63, 3.8) is 0 Å². The molecule has 1 rings (SSSR count). The fraction of sp³-hybridized carbons (Fsp3) is 0.500. The number of nitrogens with zero attached hydrogens (tertiary/aromatic N) is 2. The molecule has 1 aromatic rings. The molecule has 1 aromatic heterocycles. The fourth-order valence-electron chi connectivity index (χ4n) is 0.937. The minimum atomic E-state index is -0.448. The van der Waals surface area contributed by atoms with Crippen LogP contribution in [-0.4, -0.2) is 21.7 Å². The van der Waals surface area contributed by atoms with E-state index in [0.29, 0.717) is 18.1 Å². The lowest BCUT2D eigenvalue weighted by molar-refractivity contribution is -0.384. The molecule has 0 atom stereocenters. The molecule has 0 amide bonds. The molecule has 0 saturated carbocycles. The maximum Gasteiger partial charge on any atom is 0.333 e. The van der Waals surface area contributed by atoms with Crippen LogP contribution in [0.4, 0.5) is 11.5 Å². The Bertz CT molecular complexity index is 294. The number of hydrogen-bond donors (Lipinski definition) is 2. The van der Waals surface area contributed by atoms with Gasteiger partial charge in [0.05, 0.1) is 4.92 Å². The Morgan fingerprint density at radius 3 is 2.92 bits per heavy atom. The summed E-state index contributed by atoms with van der Waals surface area (Å²) in [5.74, 6) is 0.306. The molecule has 0 aliphatic rings. The average Bonchev–Trinajstić information content (AvgIpc) is 2.32. The van der Waals surface area contributed by atoms with Gasteiger partial charge in [-0.1, -0.05) is 0 Å². The van der Waals surface area contributed by atoms with E-state index in [9.17, 15) is 10.1 Å². The van der Waals surface area contributed by atoms with Gasteiger partial charge in [-0.2, -0.15) is 5.10 Å². The van der Waals surface area contributed by atoms with Crippen molar-refractivity contribution in [1.82, 2.24) is 10.2 Å². The number of anilines is 1. The molecule has 0 unspecified atom stereocenters. The lowest BCUT2D eigenvalue weighted by Gasteiger charge is -1.95.